The second kappa shape index (κ2) is 6.62. The van der Waals surface area contributed by atoms with Crippen LogP contribution in [0.1, 0.15) is 50.5 Å². The number of hydrogen-bond donors (Lipinski definition) is 0. The topological polar surface area (TPSA) is 25.2 Å². The van der Waals surface area contributed by atoms with Gasteiger partial charge in [-0.1, -0.05) is 31.0 Å². The van der Waals surface area contributed by atoms with Crippen LogP contribution in [-0.4, -0.2) is 28.0 Å². The molecule has 2 aliphatic rings. The third-order valence-corrected chi connectivity index (χ3v) is 6.15. The summed E-state index contributed by atoms with van der Waals surface area (Å²) in [5.41, 5.74) is 2.56. The first-order chi connectivity index (χ1) is 11.7. The number of benzene rings is 1. The number of para-hydroxylation sites is 1. The summed E-state index contributed by atoms with van der Waals surface area (Å²) in [4.78, 5) is 15.1. The van der Waals surface area contributed by atoms with E-state index in [2.05, 4.69) is 47.0 Å². The number of hydrogen-bond acceptors (Lipinski definition) is 1. The van der Waals surface area contributed by atoms with E-state index < -0.39 is 0 Å². The Morgan fingerprint density at radius 2 is 1.92 bits per heavy atom. The Kier molecular flexibility index (Phi) is 4.34. The fourth-order valence-electron chi connectivity index (χ4n) is 4.94. The highest BCUT2D eigenvalue weighted by Crippen LogP contribution is 2.35. The smallest absolute Gasteiger partial charge is 0.223 e. The number of fused-ring (bicyclic) bond motifs is 2. The van der Waals surface area contributed by atoms with Gasteiger partial charge in [0, 0.05) is 43.2 Å². The van der Waals surface area contributed by atoms with Crippen LogP contribution in [0, 0.1) is 5.92 Å². The van der Waals surface area contributed by atoms with Crippen molar-refractivity contribution in [3.8, 4) is 0 Å². The minimum Gasteiger partial charge on any atom is -0.350 e. The summed E-state index contributed by atoms with van der Waals surface area (Å²) in [5.74, 6) is 1.15. The van der Waals surface area contributed by atoms with Crippen LogP contribution in [0.15, 0.2) is 30.5 Å². The molecule has 2 heterocycles. The zero-order valence-electron chi connectivity index (χ0n) is 14.7. The van der Waals surface area contributed by atoms with Crippen molar-refractivity contribution in [2.24, 2.45) is 13.0 Å². The Morgan fingerprint density at radius 1 is 1.12 bits per heavy atom. The first-order valence-corrected chi connectivity index (χ1v) is 9.56. The van der Waals surface area contributed by atoms with Gasteiger partial charge in [-0.15, -0.1) is 0 Å². The summed E-state index contributed by atoms with van der Waals surface area (Å²) < 4.78 is 2.17. The summed E-state index contributed by atoms with van der Waals surface area (Å²) in [5, 5.41) is 1.29. The summed E-state index contributed by atoms with van der Waals surface area (Å²) in [6, 6.07) is 9.03. The van der Waals surface area contributed by atoms with Crippen molar-refractivity contribution in [1.29, 1.82) is 0 Å². The normalized spacial score (nSPS) is 24.1. The molecule has 128 valence electrons. The molecular weight excluding hydrogens is 296 g/mol. The van der Waals surface area contributed by atoms with E-state index in [1.165, 1.54) is 55.0 Å². The van der Waals surface area contributed by atoms with Crippen LogP contribution in [0.5, 0.6) is 0 Å². The summed E-state index contributed by atoms with van der Waals surface area (Å²) >= 11 is 0. The first kappa shape index (κ1) is 15.7. The number of likely N-dealkylation sites (tertiary alicyclic amines) is 1. The third kappa shape index (κ3) is 2.85. The van der Waals surface area contributed by atoms with Gasteiger partial charge in [0.05, 0.1) is 0 Å². The number of carbonyl (C=O) groups excluding carboxylic acids is 1. The average molecular weight is 324 g/mol. The number of aromatic nitrogens is 1. The predicted octanol–water partition coefficient (Wildman–Crippen LogP) is 4.29. The van der Waals surface area contributed by atoms with E-state index in [1.807, 2.05) is 0 Å². The Bertz CT molecular complexity index is 731. The molecule has 2 atom stereocenters. The zero-order valence-corrected chi connectivity index (χ0v) is 14.7. The fraction of sp³-hybridized carbons (Fsp3) is 0.571. The maximum atomic E-state index is 12.9. The number of carbonyl (C=O) groups is 1. The second-order valence-corrected chi connectivity index (χ2v) is 7.62. The van der Waals surface area contributed by atoms with Crippen molar-refractivity contribution in [3.63, 3.8) is 0 Å². The fourth-order valence-corrected chi connectivity index (χ4v) is 4.94. The van der Waals surface area contributed by atoms with E-state index in [0.717, 1.165) is 18.9 Å². The number of piperidine rings is 1. The van der Waals surface area contributed by atoms with Crippen LogP contribution in [0.25, 0.3) is 10.9 Å². The lowest BCUT2D eigenvalue weighted by Gasteiger charge is -2.44. The van der Waals surface area contributed by atoms with Crippen LogP contribution < -0.4 is 0 Å². The van der Waals surface area contributed by atoms with Crippen LogP contribution >= 0.6 is 0 Å². The van der Waals surface area contributed by atoms with Gasteiger partial charge in [0.2, 0.25) is 5.91 Å². The molecule has 1 aromatic carbocycles. The van der Waals surface area contributed by atoms with Crippen molar-refractivity contribution < 1.29 is 4.79 Å². The van der Waals surface area contributed by atoms with Crippen molar-refractivity contribution in [3.05, 3.63) is 36.0 Å². The Morgan fingerprint density at radius 3 is 2.83 bits per heavy atom. The highest BCUT2D eigenvalue weighted by Gasteiger charge is 2.35. The van der Waals surface area contributed by atoms with Crippen molar-refractivity contribution in [2.45, 2.75) is 57.4 Å². The highest BCUT2D eigenvalue weighted by atomic mass is 16.2. The molecule has 1 amide bonds. The molecule has 4 rings (SSSR count). The van der Waals surface area contributed by atoms with Gasteiger partial charge in [-0.3, -0.25) is 4.79 Å². The number of amides is 1. The van der Waals surface area contributed by atoms with Gasteiger partial charge in [-0.25, -0.2) is 0 Å². The summed E-state index contributed by atoms with van der Waals surface area (Å²) in [7, 11) is 2.09. The van der Waals surface area contributed by atoms with E-state index >= 15 is 0 Å². The van der Waals surface area contributed by atoms with E-state index in [4.69, 9.17) is 0 Å². The summed E-state index contributed by atoms with van der Waals surface area (Å²) in [6.07, 6.45) is 11.4. The molecule has 2 unspecified atom stereocenters. The molecule has 0 N–H and O–H groups in total. The minimum absolute atomic E-state index is 0.375. The van der Waals surface area contributed by atoms with Gasteiger partial charge < -0.3 is 9.47 Å². The van der Waals surface area contributed by atoms with Crippen LogP contribution in [0.2, 0.25) is 0 Å². The molecule has 3 heteroatoms. The van der Waals surface area contributed by atoms with Gasteiger partial charge in [-0.05, 0) is 49.7 Å². The molecule has 1 saturated carbocycles. The SMILES string of the molecule is Cn1cc(CCC(=O)N2CCCC3CCCCC32)c2ccccc21. The quantitative estimate of drug-likeness (QED) is 0.826. The lowest BCUT2D eigenvalue weighted by atomic mass is 9.78. The lowest BCUT2D eigenvalue weighted by Crippen LogP contribution is -2.49. The number of aryl methyl sites for hydroxylation is 2. The maximum absolute atomic E-state index is 12.9. The van der Waals surface area contributed by atoms with Crippen LogP contribution in [0.4, 0.5) is 0 Å². The van der Waals surface area contributed by atoms with Gasteiger partial charge in [0.15, 0.2) is 0 Å². The van der Waals surface area contributed by atoms with E-state index in [-0.39, 0.29) is 0 Å². The molecule has 1 aromatic heterocycles. The maximum Gasteiger partial charge on any atom is 0.223 e. The molecule has 0 bridgehead atoms. The number of nitrogens with zero attached hydrogens (tertiary/aromatic N) is 2. The molecule has 0 radical (unpaired) electrons. The van der Waals surface area contributed by atoms with Crippen LogP contribution in [-0.2, 0) is 18.3 Å². The second-order valence-electron chi connectivity index (χ2n) is 7.62. The highest BCUT2D eigenvalue weighted by molar-refractivity contribution is 5.85. The van der Waals surface area contributed by atoms with E-state index in [1.54, 1.807) is 0 Å². The molecule has 1 aliphatic carbocycles. The van der Waals surface area contributed by atoms with Crippen molar-refractivity contribution in [2.75, 3.05) is 6.54 Å². The first-order valence-electron chi connectivity index (χ1n) is 9.56. The largest absolute Gasteiger partial charge is 0.350 e. The monoisotopic (exact) mass is 324 g/mol. The predicted molar refractivity (Wildman–Crippen MR) is 97.9 cm³/mol. The van der Waals surface area contributed by atoms with Crippen LogP contribution in [0.3, 0.4) is 0 Å². The molecule has 2 fully saturated rings. The minimum atomic E-state index is 0.375. The van der Waals surface area contributed by atoms with Gasteiger partial charge in [0.1, 0.15) is 0 Å². The van der Waals surface area contributed by atoms with E-state index in [0.29, 0.717) is 18.4 Å². The van der Waals surface area contributed by atoms with Crippen molar-refractivity contribution >= 4 is 16.8 Å². The molecular formula is C21H28N2O. The molecule has 1 saturated heterocycles. The lowest BCUT2D eigenvalue weighted by molar-refractivity contribution is -0.137. The van der Waals surface area contributed by atoms with Gasteiger partial charge >= 0.3 is 0 Å². The Labute approximate surface area is 144 Å². The molecule has 24 heavy (non-hydrogen) atoms. The molecule has 0 spiro atoms. The van der Waals surface area contributed by atoms with E-state index in [9.17, 15) is 4.79 Å². The molecule has 1 aliphatic heterocycles. The van der Waals surface area contributed by atoms with Gasteiger partial charge in [0.25, 0.3) is 0 Å². The number of rotatable bonds is 3. The van der Waals surface area contributed by atoms with Crippen molar-refractivity contribution in [1.82, 2.24) is 9.47 Å². The molecule has 2 aromatic rings. The third-order valence-electron chi connectivity index (χ3n) is 6.15. The Balaban J connectivity index is 1.46. The summed E-state index contributed by atoms with van der Waals surface area (Å²) in [6.45, 7) is 0.982. The standard InChI is InChI=1S/C21H28N2O/c1-22-15-17(18-9-3-5-11-20(18)22)12-13-21(24)23-14-6-8-16-7-2-4-10-19(16)23/h3,5,9,11,15-16,19H,2,4,6-8,10,12-14H2,1H3. The molecule has 3 nitrogen and oxygen atoms in total. The van der Waals surface area contributed by atoms with Gasteiger partial charge in [-0.2, -0.15) is 0 Å². The average Bonchev–Trinajstić information content (AvgIpc) is 2.95. The Hall–Kier alpha value is -1.77. The zero-order chi connectivity index (χ0) is 16.5.